The van der Waals surface area contributed by atoms with Gasteiger partial charge in [0.15, 0.2) is 0 Å². The Hall–Kier alpha value is -3.08. The van der Waals surface area contributed by atoms with Crippen molar-refractivity contribution in [2.75, 3.05) is 5.32 Å². The molecule has 0 fully saturated rings. The molecule has 0 aliphatic heterocycles. The predicted molar refractivity (Wildman–Crippen MR) is 80.7 cm³/mol. The highest BCUT2D eigenvalue weighted by molar-refractivity contribution is 5.96. The van der Waals surface area contributed by atoms with Crippen molar-refractivity contribution in [2.45, 2.75) is 0 Å². The lowest BCUT2D eigenvalue weighted by Crippen LogP contribution is -2.30. The molecule has 5 heteroatoms. The summed E-state index contributed by atoms with van der Waals surface area (Å²) in [5.41, 5.74) is -0.0402. The number of amides is 1. The molecule has 3 aromatic rings. The Bertz CT molecular complexity index is 870. The summed E-state index contributed by atoms with van der Waals surface area (Å²) < 4.78 is 0.718. The summed E-state index contributed by atoms with van der Waals surface area (Å²) in [6, 6.07) is 16.2. The summed E-state index contributed by atoms with van der Waals surface area (Å²) in [5.74, 6) is -0.369. The minimum Gasteiger partial charge on any atom is -0.494 e. The number of hydrogen-bond donors (Lipinski definition) is 2. The number of nitrogens with one attached hydrogen (secondary N) is 1. The maximum absolute atomic E-state index is 12.2. The van der Waals surface area contributed by atoms with Crippen LogP contribution in [0, 0.1) is 0 Å². The largest absolute Gasteiger partial charge is 0.494 e. The number of aromatic hydroxyl groups is 1. The number of nitrogens with zero attached hydrogens (tertiary/aromatic N) is 1. The Morgan fingerprint density at radius 3 is 2.43 bits per heavy atom. The van der Waals surface area contributed by atoms with E-state index in [1.165, 1.54) is 6.07 Å². The summed E-state index contributed by atoms with van der Waals surface area (Å²) in [5, 5.41) is 13.8. The van der Waals surface area contributed by atoms with Crippen LogP contribution in [0.4, 0.5) is 10.5 Å². The highest BCUT2D eigenvalue weighted by atomic mass is 16.3. The van der Waals surface area contributed by atoms with Crippen molar-refractivity contribution in [3.63, 3.8) is 0 Å². The minimum atomic E-state index is -0.700. The first-order valence-electron chi connectivity index (χ1n) is 6.37. The van der Waals surface area contributed by atoms with Gasteiger partial charge in [-0.3, -0.25) is 4.79 Å². The number of carbonyl (C=O) groups is 1. The van der Waals surface area contributed by atoms with E-state index in [9.17, 15) is 14.7 Å². The maximum atomic E-state index is 12.2. The summed E-state index contributed by atoms with van der Waals surface area (Å²) in [6.07, 6.45) is 0. The van der Waals surface area contributed by atoms with Gasteiger partial charge in [0.2, 0.25) is 5.88 Å². The summed E-state index contributed by atoms with van der Waals surface area (Å²) in [7, 11) is 0. The zero-order valence-corrected chi connectivity index (χ0v) is 11.0. The minimum absolute atomic E-state index is 0.369. The monoisotopic (exact) mass is 280 g/mol. The fourth-order valence-electron chi connectivity index (χ4n) is 2.15. The highest BCUT2D eigenvalue weighted by Gasteiger charge is 2.15. The van der Waals surface area contributed by atoms with Crippen LogP contribution in [0.2, 0.25) is 0 Å². The fraction of sp³-hybridized carbons (Fsp3) is 0. The molecule has 0 radical (unpaired) electrons. The molecule has 0 saturated carbocycles. The van der Waals surface area contributed by atoms with Gasteiger partial charge in [0, 0.05) is 17.1 Å². The standard InChI is InChI=1S/C16H12N2O3/c19-14-10-11-6-4-5-9-13(11)15(20)18(14)16(21)17-12-7-2-1-3-8-12/h1-10,20H,(H,17,21). The average Bonchev–Trinajstić information content (AvgIpc) is 2.48. The first-order chi connectivity index (χ1) is 10.2. The van der Waals surface area contributed by atoms with E-state index in [2.05, 4.69) is 5.32 Å². The van der Waals surface area contributed by atoms with Gasteiger partial charge in [-0.15, -0.1) is 0 Å². The van der Waals surface area contributed by atoms with Crippen molar-refractivity contribution in [1.29, 1.82) is 0 Å². The number of hydrogen-bond acceptors (Lipinski definition) is 3. The van der Waals surface area contributed by atoms with Crippen LogP contribution in [-0.4, -0.2) is 15.7 Å². The Morgan fingerprint density at radius 2 is 1.67 bits per heavy atom. The van der Waals surface area contributed by atoms with Crippen molar-refractivity contribution in [1.82, 2.24) is 4.57 Å². The summed E-state index contributed by atoms with van der Waals surface area (Å²) in [6.45, 7) is 0. The third-order valence-electron chi connectivity index (χ3n) is 3.14. The Morgan fingerprint density at radius 1 is 1.00 bits per heavy atom. The van der Waals surface area contributed by atoms with Crippen LogP contribution in [0.25, 0.3) is 10.8 Å². The topological polar surface area (TPSA) is 71.3 Å². The van der Waals surface area contributed by atoms with E-state index in [1.807, 2.05) is 6.07 Å². The third-order valence-corrected chi connectivity index (χ3v) is 3.14. The molecule has 0 bridgehead atoms. The molecule has 2 aromatic carbocycles. The Kier molecular flexibility index (Phi) is 3.16. The molecular formula is C16H12N2O3. The molecule has 1 heterocycles. The summed E-state index contributed by atoms with van der Waals surface area (Å²) >= 11 is 0. The van der Waals surface area contributed by atoms with Gasteiger partial charge in [0.05, 0.1) is 0 Å². The van der Waals surface area contributed by atoms with E-state index in [0.29, 0.717) is 16.5 Å². The predicted octanol–water partition coefficient (Wildman–Crippen LogP) is 2.79. The van der Waals surface area contributed by atoms with Crippen molar-refractivity contribution < 1.29 is 9.90 Å². The van der Waals surface area contributed by atoms with Crippen LogP contribution in [0.1, 0.15) is 0 Å². The zero-order chi connectivity index (χ0) is 14.8. The first-order valence-corrected chi connectivity index (χ1v) is 6.37. The van der Waals surface area contributed by atoms with Gasteiger partial charge in [-0.1, -0.05) is 36.4 Å². The second kappa shape index (κ2) is 5.13. The smallest absolute Gasteiger partial charge is 0.335 e. The van der Waals surface area contributed by atoms with Crippen LogP contribution >= 0.6 is 0 Å². The van der Waals surface area contributed by atoms with E-state index in [0.717, 1.165) is 4.57 Å². The van der Waals surface area contributed by atoms with Crippen molar-refractivity contribution >= 4 is 22.5 Å². The van der Waals surface area contributed by atoms with E-state index < -0.39 is 11.6 Å². The van der Waals surface area contributed by atoms with Gasteiger partial charge in [-0.2, -0.15) is 4.57 Å². The van der Waals surface area contributed by atoms with Crippen molar-refractivity contribution in [2.24, 2.45) is 0 Å². The summed E-state index contributed by atoms with van der Waals surface area (Å²) in [4.78, 5) is 24.2. The number of carbonyl (C=O) groups excluding carboxylic acids is 1. The molecule has 3 rings (SSSR count). The van der Waals surface area contributed by atoms with Crippen LogP contribution < -0.4 is 10.9 Å². The molecule has 1 amide bonds. The first kappa shape index (κ1) is 12.9. The Balaban J connectivity index is 2.08. The number of benzene rings is 2. The molecule has 0 aliphatic carbocycles. The van der Waals surface area contributed by atoms with Crippen LogP contribution in [0.5, 0.6) is 5.88 Å². The van der Waals surface area contributed by atoms with Gasteiger partial charge in [-0.05, 0) is 23.6 Å². The lowest BCUT2D eigenvalue weighted by molar-refractivity contribution is 0.250. The molecule has 0 aliphatic rings. The third kappa shape index (κ3) is 2.36. The van der Waals surface area contributed by atoms with E-state index in [1.54, 1.807) is 48.5 Å². The second-order valence-electron chi connectivity index (χ2n) is 4.53. The number of pyridine rings is 1. The number of para-hydroxylation sites is 1. The highest BCUT2D eigenvalue weighted by Crippen LogP contribution is 2.22. The molecule has 0 atom stereocenters. The number of fused-ring (bicyclic) bond motifs is 1. The van der Waals surface area contributed by atoms with Crippen LogP contribution in [0.15, 0.2) is 65.5 Å². The SMILES string of the molecule is O=C(Nc1ccccc1)n1c(O)c2ccccc2cc1=O. The molecule has 0 spiro atoms. The molecule has 0 unspecified atom stereocenters. The van der Waals surface area contributed by atoms with Crippen molar-refractivity contribution in [3.8, 4) is 5.88 Å². The molecular weight excluding hydrogens is 268 g/mol. The molecule has 5 nitrogen and oxygen atoms in total. The van der Waals surface area contributed by atoms with E-state index in [4.69, 9.17) is 0 Å². The van der Waals surface area contributed by atoms with Gasteiger partial charge >= 0.3 is 6.03 Å². The Labute approximate surface area is 120 Å². The molecule has 0 saturated heterocycles. The zero-order valence-electron chi connectivity index (χ0n) is 11.0. The maximum Gasteiger partial charge on any atom is 0.335 e. The lowest BCUT2D eigenvalue weighted by Gasteiger charge is -2.10. The fourth-order valence-corrected chi connectivity index (χ4v) is 2.15. The van der Waals surface area contributed by atoms with Gasteiger partial charge in [-0.25, -0.2) is 4.79 Å². The van der Waals surface area contributed by atoms with E-state index >= 15 is 0 Å². The van der Waals surface area contributed by atoms with Crippen LogP contribution in [-0.2, 0) is 0 Å². The quantitative estimate of drug-likeness (QED) is 0.720. The molecule has 21 heavy (non-hydrogen) atoms. The average molecular weight is 280 g/mol. The normalized spacial score (nSPS) is 10.5. The van der Waals surface area contributed by atoms with E-state index in [-0.39, 0.29) is 5.88 Å². The number of rotatable bonds is 1. The molecule has 2 N–H and O–H groups in total. The van der Waals surface area contributed by atoms with Crippen LogP contribution in [0.3, 0.4) is 0 Å². The number of aromatic nitrogens is 1. The number of anilines is 1. The van der Waals surface area contributed by atoms with Gasteiger partial charge in [0.25, 0.3) is 5.56 Å². The molecule has 1 aromatic heterocycles. The van der Waals surface area contributed by atoms with Crippen molar-refractivity contribution in [3.05, 3.63) is 71.0 Å². The lowest BCUT2D eigenvalue weighted by atomic mass is 10.2. The molecule has 104 valence electrons. The van der Waals surface area contributed by atoms with Gasteiger partial charge in [0.1, 0.15) is 0 Å². The van der Waals surface area contributed by atoms with Gasteiger partial charge < -0.3 is 10.4 Å². The second-order valence-corrected chi connectivity index (χ2v) is 4.53.